The number of carbonyl (C=O) groups excluding carboxylic acids is 1. The van der Waals surface area contributed by atoms with E-state index in [2.05, 4.69) is 10.0 Å². The smallest absolute Gasteiger partial charge is 0.258 e. The summed E-state index contributed by atoms with van der Waals surface area (Å²) in [5, 5.41) is 2.88. The van der Waals surface area contributed by atoms with Crippen LogP contribution in [0.4, 0.5) is 0 Å². The second kappa shape index (κ2) is 11.7. The van der Waals surface area contributed by atoms with E-state index in [0.717, 1.165) is 11.1 Å². The molecule has 0 aliphatic rings. The lowest BCUT2D eigenvalue weighted by Gasteiger charge is -2.17. The topological polar surface area (TPSA) is 103 Å². The third-order valence-electron chi connectivity index (χ3n) is 5.41. The number of ether oxygens (including phenoxy) is 3. The van der Waals surface area contributed by atoms with Gasteiger partial charge in [0.15, 0.2) is 18.1 Å². The van der Waals surface area contributed by atoms with E-state index in [4.69, 9.17) is 14.2 Å². The molecule has 0 saturated heterocycles. The zero-order valence-corrected chi connectivity index (χ0v) is 21.0. The first kappa shape index (κ1) is 26.1. The van der Waals surface area contributed by atoms with Crippen LogP contribution < -0.4 is 24.2 Å². The van der Waals surface area contributed by atoms with Crippen LogP contribution in [0.3, 0.4) is 0 Å². The number of nitrogens with one attached hydrogen (secondary N) is 2. The molecule has 3 aromatic carbocycles. The Hall–Kier alpha value is -3.56. The van der Waals surface area contributed by atoms with Crippen molar-refractivity contribution in [1.29, 1.82) is 0 Å². The fraction of sp³-hybridized carbons (Fsp3) is 0.269. The van der Waals surface area contributed by atoms with E-state index in [-0.39, 0.29) is 30.0 Å². The lowest BCUT2D eigenvalue weighted by atomic mass is 10.1. The van der Waals surface area contributed by atoms with Crippen LogP contribution in [0.2, 0.25) is 0 Å². The molecule has 2 N–H and O–H groups in total. The van der Waals surface area contributed by atoms with Crippen molar-refractivity contribution in [1.82, 2.24) is 10.0 Å². The number of rotatable bonds is 11. The number of methoxy groups -OCH3 is 2. The summed E-state index contributed by atoms with van der Waals surface area (Å²) in [4.78, 5) is 12.6. The number of hydrogen-bond donors (Lipinski definition) is 2. The molecule has 0 aliphatic heterocycles. The molecule has 9 heteroatoms. The summed E-state index contributed by atoms with van der Waals surface area (Å²) in [5.74, 6) is 1.30. The van der Waals surface area contributed by atoms with Crippen LogP contribution in [0.25, 0.3) is 0 Å². The minimum atomic E-state index is -3.69. The summed E-state index contributed by atoms with van der Waals surface area (Å²) in [6, 6.07) is 19.0. The highest BCUT2D eigenvalue weighted by atomic mass is 32.2. The Kier molecular flexibility index (Phi) is 8.73. The monoisotopic (exact) mass is 498 g/mol. The van der Waals surface area contributed by atoms with Gasteiger partial charge in [-0.2, -0.15) is 0 Å². The van der Waals surface area contributed by atoms with Gasteiger partial charge in [0.2, 0.25) is 10.0 Å². The zero-order valence-electron chi connectivity index (χ0n) is 20.2. The Bertz CT molecular complexity index is 1260. The van der Waals surface area contributed by atoms with Crippen LogP contribution in [0.5, 0.6) is 17.2 Å². The Morgan fingerprint density at radius 2 is 1.60 bits per heavy atom. The molecular formula is C26H30N2O6S. The van der Waals surface area contributed by atoms with Crippen LogP contribution in [0.1, 0.15) is 29.7 Å². The normalized spacial score (nSPS) is 12.0. The third kappa shape index (κ3) is 6.97. The van der Waals surface area contributed by atoms with Gasteiger partial charge in [-0.25, -0.2) is 13.1 Å². The highest BCUT2D eigenvalue weighted by Crippen LogP contribution is 2.30. The molecule has 3 aromatic rings. The summed E-state index contributed by atoms with van der Waals surface area (Å²) in [6.07, 6.45) is 0. The number of benzene rings is 3. The molecule has 186 valence electrons. The van der Waals surface area contributed by atoms with Crippen molar-refractivity contribution in [2.75, 3.05) is 20.8 Å². The fourth-order valence-electron chi connectivity index (χ4n) is 3.44. The molecule has 0 aromatic heterocycles. The maximum Gasteiger partial charge on any atom is 0.258 e. The molecule has 8 nitrogen and oxygen atoms in total. The first-order chi connectivity index (χ1) is 16.7. The van der Waals surface area contributed by atoms with Gasteiger partial charge in [0.25, 0.3) is 5.91 Å². The predicted molar refractivity (Wildman–Crippen MR) is 133 cm³/mol. The summed E-state index contributed by atoms with van der Waals surface area (Å²) >= 11 is 0. The first-order valence-electron chi connectivity index (χ1n) is 11.0. The van der Waals surface area contributed by atoms with Crippen LogP contribution >= 0.6 is 0 Å². The summed E-state index contributed by atoms with van der Waals surface area (Å²) < 4.78 is 44.1. The largest absolute Gasteiger partial charge is 0.493 e. The molecule has 0 radical (unpaired) electrons. The molecule has 0 spiro atoms. The molecule has 3 rings (SSSR count). The Balaban J connectivity index is 1.57. The Morgan fingerprint density at radius 1 is 0.914 bits per heavy atom. The van der Waals surface area contributed by atoms with Crippen molar-refractivity contribution in [2.24, 2.45) is 0 Å². The Labute approximate surface area is 206 Å². The fourth-order valence-corrected chi connectivity index (χ4v) is 4.54. The maximum atomic E-state index is 12.6. The van der Waals surface area contributed by atoms with Crippen molar-refractivity contribution < 1.29 is 27.4 Å². The van der Waals surface area contributed by atoms with E-state index < -0.39 is 10.0 Å². The van der Waals surface area contributed by atoms with Crippen molar-refractivity contribution in [3.63, 3.8) is 0 Å². The van der Waals surface area contributed by atoms with Gasteiger partial charge in [0, 0.05) is 6.54 Å². The summed E-state index contributed by atoms with van der Waals surface area (Å²) in [7, 11) is -0.577. The van der Waals surface area contributed by atoms with Gasteiger partial charge in [-0.15, -0.1) is 0 Å². The van der Waals surface area contributed by atoms with Crippen molar-refractivity contribution in [3.8, 4) is 17.2 Å². The first-order valence-corrected chi connectivity index (χ1v) is 12.5. The lowest BCUT2D eigenvalue weighted by Crippen LogP contribution is -2.31. The van der Waals surface area contributed by atoms with E-state index in [9.17, 15) is 13.2 Å². The van der Waals surface area contributed by atoms with E-state index in [1.54, 1.807) is 39.3 Å². The van der Waals surface area contributed by atoms with Crippen LogP contribution in [-0.2, 0) is 21.4 Å². The molecule has 35 heavy (non-hydrogen) atoms. The van der Waals surface area contributed by atoms with Gasteiger partial charge >= 0.3 is 0 Å². The van der Waals surface area contributed by atoms with Crippen molar-refractivity contribution in [2.45, 2.75) is 31.3 Å². The maximum absolute atomic E-state index is 12.6. The summed E-state index contributed by atoms with van der Waals surface area (Å²) in [6.45, 7) is 3.57. The van der Waals surface area contributed by atoms with Crippen molar-refractivity contribution >= 4 is 15.9 Å². The van der Waals surface area contributed by atoms with E-state index >= 15 is 0 Å². The second-order valence-electron chi connectivity index (χ2n) is 7.93. The number of aryl methyl sites for hydroxylation is 1. The van der Waals surface area contributed by atoms with E-state index in [1.165, 1.54) is 12.1 Å². The lowest BCUT2D eigenvalue weighted by molar-refractivity contribution is -0.123. The van der Waals surface area contributed by atoms with Crippen LogP contribution in [0.15, 0.2) is 71.6 Å². The second-order valence-corrected chi connectivity index (χ2v) is 9.70. The zero-order chi connectivity index (χ0) is 25.4. The number of hydrogen-bond acceptors (Lipinski definition) is 6. The van der Waals surface area contributed by atoms with Crippen molar-refractivity contribution in [3.05, 3.63) is 83.4 Å². The molecule has 0 bridgehead atoms. The van der Waals surface area contributed by atoms with Gasteiger partial charge in [-0.1, -0.05) is 36.4 Å². The van der Waals surface area contributed by atoms with Gasteiger partial charge < -0.3 is 19.5 Å². The van der Waals surface area contributed by atoms with E-state index in [0.29, 0.717) is 22.8 Å². The molecule has 0 heterocycles. The molecule has 1 amide bonds. The quantitative estimate of drug-likeness (QED) is 0.417. The standard InChI is InChI=1S/C26H30N2O6S/c1-18-14-22(35(30,31)27-16-20-8-6-5-7-9-20)11-13-23(18)34-17-26(29)28-19(2)21-10-12-24(32-3)25(15-21)33-4/h5-15,19,27H,16-17H2,1-4H3,(H,28,29). The molecular weight excluding hydrogens is 468 g/mol. The Morgan fingerprint density at radius 3 is 2.26 bits per heavy atom. The van der Waals surface area contributed by atoms with E-state index in [1.807, 2.05) is 43.3 Å². The molecule has 1 atom stereocenters. The number of sulfonamides is 1. The SMILES string of the molecule is COc1ccc(C(C)NC(=O)COc2ccc(S(=O)(=O)NCc3ccccc3)cc2C)cc1OC. The number of amides is 1. The van der Waals surface area contributed by atoms with Crippen LogP contribution in [-0.4, -0.2) is 35.2 Å². The van der Waals surface area contributed by atoms with Gasteiger partial charge in [-0.05, 0) is 60.9 Å². The summed E-state index contributed by atoms with van der Waals surface area (Å²) in [5.41, 5.74) is 2.32. The van der Waals surface area contributed by atoms with Gasteiger partial charge in [-0.3, -0.25) is 4.79 Å². The third-order valence-corrected chi connectivity index (χ3v) is 6.81. The average molecular weight is 499 g/mol. The molecule has 0 saturated carbocycles. The predicted octanol–water partition coefficient (Wildman–Crippen LogP) is 3.75. The minimum absolute atomic E-state index is 0.129. The van der Waals surface area contributed by atoms with Crippen LogP contribution in [0, 0.1) is 6.92 Å². The number of carbonyl (C=O) groups is 1. The molecule has 0 fully saturated rings. The van der Waals surface area contributed by atoms with Gasteiger partial charge in [0.05, 0.1) is 25.2 Å². The van der Waals surface area contributed by atoms with Gasteiger partial charge in [0.1, 0.15) is 5.75 Å². The highest BCUT2D eigenvalue weighted by molar-refractivity contribution is 7.89. The molecule has 1 unspecified atom stereocenters. The highest BCUT2D eigenvalue weighted by Gasteiger charge is 2.17. The minimum Gasteiger partial charge on any atom is -0.493 e. The molecule has 0 aliphatic carbocycles. The average Bonchev–Trinajstić information content (AvgIpc) is 2.86.